The van der Waals surface area contributed by atoms with Gasteiger partial charge in [0, 0.05) is 0 Å². The van der Waals surface area contributed by atoms with Crippen molar-refractivity contribution in [3.05, 3.63) is 94.6 Å². The summed E-state index contributed by atoms with van der Waals surface area (Å²) in [4.78, 5) is 14.8. The Morgan fingerprint density at radius 1 is 1.03 bits per heavy atom. The molecule has 0 aromatic heterocycles. The zero-order valence-corrected chi connectivity index (χ0v) is 19.1. The van der Waals surface area contributed by atoms with Gasteiger partial charge in [0.05, 0.1) is 17.7 Å². The van der Waals surface area contributed by atoms with Gasteiger partial charge in [0.1, 0.15) is 11.9 Å². The third kappa shape index (κ3) is 4.69. The van der Waals surface area contributed by atoms with Gasteiger partial charge in [-0.2, -0.15) is 0 Å². The highest BCUT2D eigenvalue weighted by atomic mass is 32.2. The Kier molecular flexibility index (Phi) is 6.58. The van der Waals surface area contributed by atoms with Gasteiger partial charge < -0.3 is 9.47 Å². The van der Waals surface area contributed by atoms with Crippen molar-refractivity contribution in [2.45, 2.75) is 13.0 Å². The molecular weight excluding hydrogens is 445 g/mol. The van der Waals surface area contributed by atoms with Gasteiger partial charge in [0.15, 0.2) is 15.8 Å². The minimum atomic E-state index is -0.370. The van der Waals surface area contributed by atoms with Crippen LogP contribution in [0.4, 0.5) is 10.1 Å². The fourth-order valence-electron chi connectivity index (χ4n) is 3.29. The molecule has 7 heteroatoms. The summed E-state index contributed by atoms with van der Waals surface area (Å²) in [5, 5.41) is 0. The largest absolute Gasteiger partial charge is 0.493 e. The normalized spacial score (nSPS) is 15.8. The van der Waals surface area contributed by atoms with E-state index in [1.165, 1.54) is 40.9 Å². The number of anilines is 1. The molecule has 1 aliphatic rings. The van der Waals surface area contributed by atoms with Gasteiger partial charge >= 0.3 is 0 Å². The first-order valence-corrected chi connectivity index (χ1v) is 11.1. The first kappa shape index (κ1) is 22.0. The second kappa shape index (κ2) is 9.54. The van der Waals surface area contributed by atoms with Gasteiger partial charge in [-0.15, -0.1) is 0 Å². The lowest BCUT2D eigenvalue weighted by Crippen LogP contribution is -2.27. The number of carbonyl (C=O) groups is 1. The van der Waals surface area contributed by atoms with Crippen molar-refractivity contribution in [3.63, 3.8) is 0 Å². The fourth-order valence-corrected chi connectivity index (χ4v) is 4.58. The predicted molar refractivity (Wildman–Crippen MR) is 131 cm³/mol. The monoisotopic (exact) mass is 465 g/mol. The van der Waals surface area contributed by atoms with Crippen molar-refractivity contribution in [1.82, 2.24) is 0 Å². The van der Waals surface area contributed by atoms with Crippen molar-refractivity contribution in [3.8, 4) is 11.5 Å². The van der Waals surface area contributed by atoms with Crippen LogP contribution >= 0.6 is 24.0 Å². The number of thioether (sulfide) groups is 1. The molecule has 3 aromatic carbocycles. The molecule has 4 nitrogen and oxygen atoms in total. The predicted octanol–water partition coefficient (Wildman–Crippen LogP) is 6.38. The number of rotatable bonds is 6. The third-order valence-corrected chi connectivity index (χ3v) is 6.24. The van der Waals surface area contributed by atoms with E-state index in [1.54, 1.807) is 13.2 Å². The number of hydrogen-bond donors (Lipinski definition) is 0. The standard InChI is InChI=1S/C25H20FNO3S2/c1-16(18-6-4-3-5-7-18)30-21-13-8-17(14-22(21)29-2)15-23-24(28)27(25(31)32-23)20-11-9-19(26)10-12-20/h3-16H,1-2H3/b23-15-/t16-/m1/s1. The highest BCUT2D eigenvalue weighted by Crippen LogP contribution is 2.38. The maximum Gasteiger partial charge on any atom is 0.270 e. The van der Waals surface area contributed by atoms with E-state index in [0.717, 1.165) is 11.1 Å². The summed E-state index contributed by atoms with van der Waals surface area (Å²) in [6.45, 7) is 1.98. The molecule has 0 spiro atoms. The number of nitrogens with zero attached hydrogens (tertiary/aromatic N) is 1. The van der Waals surface area contributed by atoms with Crippen molar-refractivity contribution >= 4 is 46.0 Å². The number of methoxy groups -OCH3 is 1. The molecule has 1 amide bonds. The summed E-state index contributed by atoms with van der Waals surface area (Å²) in [6.07, 6.45) is 1.61. The van der Waals surface area contributed by atoms with Crippen LogP contribution < -0.4 is 14.4 Å². The molecule has 0 aliphatic carbocycles. The number of halogens is 1. The smallest absolute Gasteiger partial charge is 0.270 e. The molecule has 1 atom stereocenters. The minimum absolute atomic E-state index is 0.150. The minimum Gasteiger partial charge on any atom is -0.493 e. The maximum atomic E-state index is 13.2. The van der Waals surface area contributed by atoms with E-state index in [4.69, 9.17) is 21.7 Å². The second-order valence-electron chi connectivity index (χ2n) is 7.07. The Labute approximate surface area is 195 Å². The zero-order chi connectivity index (χ0) is 22.7. The van der Waals surface area contributed by atoms with Crippen molar-refractivity contribution in [2.75, 3.05) is 12.0 Å². The van der Waals surface area contributed by atoms with Crippen LogP contribution in [0.25, 0.3) is 6.08 Å². The summed E-state index contributed by atoms with van der Waals surface area (Å²) in [7, 11) is 1.58. The molecule has 1 fully saturated rings. The van der Waals surface area contributed by atoms with Gasteiger partial charge in [0.25, 0.3) is 5.91 Å². The van der Waals surface area contributed by atoms with Crippen LogP contribution in [0.5, 0.6) is 11.5 Å². The summed E-state index contributed by atoms with van der Waals surface area (Å²) >= 11 is 6.58. The average molecular weight is 466 g/mol. The van der Waals surface area contributed by atoms with Crippen LogP contribution in [-0.4, -0.2) is 17.3 Å². The highest BCUT2D eigenvalue weighted by molar-refractivity contribution is 8.27. The number of amides is 1. The molecule has 0 radical (unpaired) electrons. The van der Waals surface area contributed by atoms with Gasteiger partial charge in [-0.05, 0) is 60.5 Å². The number of hydrogen-bond acceptors (Lipinski definition) is 5. The molecule has 1 heterocycles. The SMILES string of the molecule is COc1cc(/C=C2\SC(=S)N(c3ccc(F)cc3)C2=O)ccc1O[C@H](C)c1ccccc1. The summed E-state index contributed by atoms with van der Waals surface area (Å²) < 4.78 is 25.2. The molecule has 1 saturated heterocycles. The lowest BCUT2D eigenvalue weighted by molar-refractivity contribution is -0.113. The van der Waals surface area contributed by atoms with Crippen molar-refractivity contribution in [1.29, 1.82) is 0 Å². The van der Waals surface area contributed by atoms with E-state index in [9.17, 15) is 9.18 Å². The second-order valence-corrected chi connectivity index (χ2v) is 8.75. The molecule has 0 bridgehead atoms. The zero-order valence-electron chi connectivity index (χ0n) is 17.4. The topological polar surface area (TPSA) is 38.8 Å². The summed E-state index contributed by atoms with van der Waals surface area (Å²) in [5.41, 5.74) is 2.37. The highest BCUT2D eigenvalue weighted by Gasteiger charge is 2.33. The Hall–Kier alpha value is -3.16. The van der Waals surface area contributed by atoms with E-state index in [2.05, 4.69) is 0 Å². The molecule has 4 rings (SSSR count). The van der Waals surface area contributed by atoms with E-state index >= 15 is 0 Å². The fraction of sp³-hybridized carbons (Fsp3) is 0.120. The molecule has 3 aromatic rings. The van der Waals surface area contributed by atoms with E-state index in [-0.39, 0.29) is 17.8 Å². The van der Waals surface area contributed by atoms with Crippen molar-refractivity contribution in [2.24, 2.45) is 0 Å². The quantitative estimate of drug-likeness (QED) is 0.312. The van der Waals surface area contributed by atoms with Crippen LogP contribution in [0, 0.1) is 5.82 Å². The molecule has 0 saturated carbocycles. The van der Waals surface area contributed by atoms with Crippen LogP contribution in [0.1, 0.15) is 24.2 Å². The Morgan fingerprint density at radius 2 is 1.75 bits per heavy atom. The number of carbonyl (C=O) groups excluding carboxylic acids is 1. The van der Waals surface area contributed by atoms with Gasteiger partial charge in [-0.3, -0.25) is 9.69 Å². The molecule has 1 aliphatic heterocycles. The molecule has 0 N–H and O–H groups in total. The van der Waals surface area contributed by atoms with E-state index in [1.807, 2.05) is 55.5 Å². The first-order chi connectivity index (χ1) is 15.5. The van der Waals surface area contributed by atoms with Crippen LogP contribution in [0.2, 0.25) is 0 Å². The lowest BCUT2D eigenvalue weighted by Gasteiger charge is -2.17. The Bertz CT molecular complexity index is 1180. The lowest BCUT2D eigenvalue weighted by atomic mass is 10.1. The molecular formula is C25H20FNO3S2. The molecule has 32 heavy (non-hydrogen) atoms. The van der Waals surface area contributed by atoms with Gasteiger partial charge in [-0.1, -0.05) is 60.4 Å². The van der Waals surface area contributed by atoms with E-state index in [0.29, 0.717) is 26.4 Å². The Morgan fingerprint density at radius 3 is 2.44 bits per heavy atom. The number of thiocarbonyl (C=S) groups is 1. The van der Waals surface area contributed by atoms with Crippen LogP contribution in [-0.2, 0) is 4.79 Å². The van der Waals surface area contributed by atoms with Gasteiger partial charge in [-0.25, -0.2) is 4.39 Å². The van der Waals surface area contributed by atoms with Crippen LogP contribution in [0.3, 0.4) is 0 Å². The Balaban J connectivity index is 1.56. The first-order valence-electron chi connectivity index (χ1n) is 9.89. The van der Waals surface area contributed by atoms with Crippen molar-refractivity contribution < 1.29 is 18.7 Å². The van der Waals surface area contributed by atoms with E-state index < -0.39 is 0 Å². The average Bonchev–Trinajstić information content (AvgIpc) is 3.08. The maximum absolute atomic E-state index is 13.2. The van der Waals surface area contributed by atoms with Crippen LogP contribution in [0.15, 0.2) is 77.7 Å². The molecule has 0 unspecified atom stereocenters. The van der Waals surface area contributed by atoms with Gasteiger partial charge in [0.2, 0.25) is 0 Å². The summed E-state index contributed by atoms with van der Waals surface area (Å²) in [6, 6.07) is 21.1. The summed E-state index contributed by atoms with van der Waals surface area (Å²) in [5.74, 6) is 0.560. The number of benzene rings is 3. The number of ether oxygens (including phenoxy) is 2. The molecule has 162 valence electrons. The third-order valence-electron chi connectivity index (χ3n) is 4.94.